The molecule has 1 atom stereocenters. The Hall–Kier alpha value is -2.18. The second kappa shape index (κ2) is 6.98. The van der Waals surface area contributed by atoms with Crippen molar-refractivity contribution in [3.63, 3.8) is 0 Å². The van der Waals surface area contributed by atoms with Gasteiger partial charge in [0.15, 0.2) is 0 Å². The summed E-state index contributed by atoms with van der Waals surface area (Å²) in [6.45, 7) is 4.27. The molecule has 0 unspecified atom stereocenters. The fourth-order valence-electron chi connectivity index (χ4n) is 3.13. The van der Waals surface area contributed by atoms with Crippen LogP contribution < -0.4 is 9.62 Å². The van der Waals surface area contributed by atoms with E-state index in [-0.39, 0.29) is 16.8 Å². The van der Waals surface area contributed by atoms with Crippen molar-refractivity contribution in [2.24, 2.45) is 0 Å². The Morgan fingerprint density at radius 1 is 1.20 bits per heavy atom. The molecule has 3 rings (SSSR count). The second-order valence-electron chi connectivity index (χ2n) is 6.28. The van der Waals surface area contributed by atoms with Gasteiger partial charge in [0, 0.05) is 23.8 Å². The summed E-state index contributed by atoms with van der Waals surface area (Å²) >= 11 is 0. The molecule has 0 fully saturated rings. The van der Waals surface area contributed by atoms with Crippen LogP contribution in [0.15, 0.2) is 53.4 Å². The number of nitrogens with one attached hydrogen (secondary N) is 1. The van der Waals surface area contributed by atoms with Crippen molar-refractivity contribution >= 4 is 21.6 Å². The van der Waals surface area contributed by atoms with Crippen LogP contribution >= 0.6 is 0 Å². The van der Waals surface area contributed by atoms with Gasteiger partial charge in [0.25, 0.3) is 5.91 Å². The number of sulfonamides is 1. The molecule has 0 aromatic heterocycles. The van der Waals surface area contributed by atoms with Gasteiger partial charge >= 0.3 is 0 Å². The molecule has 0 saturated heterocycles. The summed E-state index contributed by atoms with van der Waals surface area (Å²) in [7, 11) is -3.60. The van der Waals surface area contributed by atoms with Gasteiger partial charge in [-0.1, -0.05) is 31.2 Å². The lowest BCUT2D eigenvalue weighted by atomic mass is 10.1. The minimum Gasteiger partial charge on any atom is -0.305 e. The third-order valence-corrected chi connectivity index (χ3v) is 5.82. The van der Waals surface area contributed by atoms with Crippen LogP contribution in [-0.4, -0.2) is 26.9 Å². The summed E-state index contributed by atoms with van der Waals surface area (Å²) in [5.74, 6) is -0.176. The van der Waals surface area contributed by atoms with E-state index in [1.807, 2.05) is 38.1 Å². The number of fused-ring (bicyclic) bond motifs is 1. The van der Waals surface area contributed by atoms with Gasteiger partial charge < -0.3 is 4.90 Å². The molecule has 0 spiro atoms. The maximum absolute atomic E-state index is 13.0. The molecule has 0 bridgehead atoms. The molecule has 1 N–H and O–H groups in total. The highest BCUT2D eigenvalue weighted by molar-refractivity contribution is 7.89. The minimum absolute atomic E-state index is 0.0448. The third kappa shape index (κ3) is 3.45. The molecule has 0 aliphatic carbocycles. The van der Waals surface area contributed by atoms with Crippen molar-refractivity contribution in [2.45, 2.75) is 37.6 Å². The fourth-order valence-corrected chi connectivity index (χ4v) is 4.31. The number of carbonyl (C=O) groups is 1. The maximum Gasteiger partial charge on any atom is 0.258 e. The molecule has 132 valence electrons. The standard InChI is InChI=1S/C19H22N2O3S/c1-3-11-20-25(23,24)17-9-6-8-16(13-17)19(22)21-14(2)12-15-7-4-5-10-18(15)21/h4-10,13-14,20H,3,11-12H2,1-2H3/t14-/m1/s1. The highest BCUT2D eigenvalue weighted by Gasteiger charge is 2.31. The molecule has 1 heterocycles. The molecule has 1 amide bonds. The maximum atomic E-state index is 13.0. The first-order valence-corrected chi connectivity index (χ1v) is 9.93. The van der Waals surface area contributed by atoms with Gasteiger partial charge in [0.2, 0.25) is 10.0 Å². The average Bonchev–Trinajstić information content (AvgIpc) is 2.95. The first-order valence-electron chi connectivity index (χ1n) is 8.45. The number of carbonyl (C=O) groups excluding carboxylic acids is 1. The van der Waals surface area contributed by atoms with E-state index in [9.17, 15) is 13.2 Å². The smallest absolute Gasteiger partial charge is 0.258 e. The SMILES string of the molecule is CCCNS(=O)(=O)c1cccc(C(=O)N2c3ccccc3C[C@H]2C)c1. The summed E-state index contributed by atoms with van der Waals surface area (Å²) in [6.07, 6.45) is 1.51. The van der Waals surface area contributed by atoms with Crippen LogP contribution in [0.5, 0.6) is 0 Å². The topological polar surface area (TPSA) is 66.5 Å². The Bertz CT molecular complexity index is 893. The normalized spacial score (nSPS) is 16.7. The van der Waals surface area contributed by atoms with Crippen LogP contribution in [0.2, 0.25) is 0 Å². The third-order valence-electron chi connectivity index (χ3n) is 4.36. The van der Waals surface area contributed by atoms with E-state index in [4.69, 9.17) is 0 Å². The number of anilines is 1. The number of para-hydroxylation sites is 1. The van der Waals surface area contributed by atoms with Crippen LogP contribution in [0.25, 0.3) is 0 Å². The summed E-state index contributed by atoms with van der Waals surface area (Å²) in [5.41, 5.74) is 2.41. The molecule has 2 aromatic rings. The first-order chi connectivity index (χ1) is 11.9. The van der Waals surface area contributed by atoms with Crippen LogP contribution in [-0.2, 0) is 16.4 Å². The first kappa shape index (κ1) is 17.6. The number of hydrogen-bond acceptors (Lipinski definition) is 3. The molecule has 25 heavy (non-hydrogen) atoms. The van der Waals surface area contributed by atoms with Gasteiger partial charge in [-0.05, 0) is 49.6 Å². The average molecular weight is 358 g/mol. The molecule has 0 radical (unpaired) electrons. The molecule has 1 aliphatic heterocycles. The monoisotopic (exact) mass is 358 g/mol. The number of rotatable bonds is 5. The Balaban J connectivity index is 1.93. The van der Waals surface area contributed by atoms with Gasteiger partial charge in [0.1, 0.15) is 0 Å². The van der Waals surface area contributed by atoms with E-state index in [1.165, 1.54) is 12.1 Å². The van der Waals surface area contributed by atoms with Crippen molar-refractivity contribution in [3.05, 3.63) is 59.7 Å². The Morgan fingerprint density at radius 3 is 2.72 bits per heavy atom. The van der Waals surface area contributed by atoms with E-state index < -0.39 is 10.0 Å². The van der Waals surface area contributed by atoms with Crippen molar-refractivity contribution < 1.29 is 13.2 Å². The summed E-state index contributed by atoms with van der Waals surface area (Å²) in [5, 5.41) is 0. The molecular weight excluding hydrogens is 336 g/mol. The van der Waals surface area contributed by atoms with E-state index in [0.717, 1.165) is 17.7 Å². The molecule has 2 aromatic carbocycles. The lowest BCUT2D eigenvalue weighted by Crippen LogP contribution is -2.35. The second-order valence-corrected chi connectivity index (χ2v) is 8.05. The zero-order valence-electron chi connectivity index (χ0n) is 14.4. The van der Waals surface area contributed by atoms with E-state index in [0.29, 0.717) is 18.5 Å². The fraction of sp³-hybridized carbons (Fsp3) is 0.316. The van der Waals surface area contributed by atoms with Crippen LogP contribution in [0.1, 0.15) is 36.2 Å². The van der Waals surface area contributed by atoms with E-state index in [2.05, 4.69) is 4.72 Å². The summed E-state index contributed by atoms with van der Waals surface area (Å²) in [4.78, 5) is 14.9. The highest BCUT2D eigenvalue weighted by atomic mass is 32.2. The molecule has 5 nitrogen and oxygen atoms in total. The van der Waals surface area contributed by atoms with Crippen LogP contribution in [0, 0.1) is 0 Å². The predicted octanol–water partition coefficient (Wildman–Crippen LogP) is 2.97. The van der Waals surface area contributed by atoms with Gasteiger partial charge in [0.05, 0.1) is 4.90 Å². The zero-order valence-corrected chi connectivity index (χ0v) is 15.2. The van der Waals surface area contributed by atoms with E-state index in [1.54, 1.807) is 17.0 Å². The predicted molar refractivity (Wildman–Crippen MR) is 98.3 cm³/mol. The Kier molecular flexibility index (Phi) is 4.92. The summed E-state index contributed by atoms with van der Waals surface area (Å²) < 4.78 is 27.2. The Labute approximate surface area is 148 Å². The number of amides is 1. The molecular formula is C19H22N2O3S. The van der Waals surface area contributed by atoms with Crippen LogP contribution in [0.3, 0.4) is 0 Å². The van der Waals surface area contributed by atoms with Gasteiger partial charge in [-0.2, -0.15) is 0 Å². The lowest BCUT2D eigenvalue weighted by molar-refractivity contribution is 0.0981. The molecule has 0 saturated carbocycles. The molecule has 6 heteroatoms. The van der Waals surface area contributed by atoms with Crippen molar-refractivity contribution in [2.75, 3.05) is 11.4 Å². The molecule has 1 aliphatic rings. The van der Waals surface area contributed by atoms with Gasteiger partial charge in [-0.3, -0.25) is 4.79 Å². The van der Waals surface area contributed by atoms with Crippen molar-refractivity contribution in [3.8, 4) is 0 Å². The number of hydrogen-bond donors (Lipinski definition) is 1. The zero-order chi connectivity index (χ0) is 18.0. The number of benzene rings is 2. The quantitative estimate of drug-likeness (QED) is 0.893. The largest absolute Gasteiger partial charge is 0.305 e. The van der Waals surface area contributed by atoms with Gasteiger partial charge in [-0.25, -0.2) is 13.1 Å². The van der Waals surface area contributed by atoms with Crippen molar-refractivity contribution in [1.82, 2.24) is 4.72 Å². The Morgan fingerprint density at radius 2 is 1.96 bits per heavy atom. The van der Waals surface area contributed by atoms with Crippen LogP contribution in [0.4, 0.5) is 5.69 Å². The summed E-state index contributed by atoms with van der Waals surface area (Å²) in [6, 6.07) is 14.1. The van der Waals surface area contributed by atoms with Gasteiger partial charge in [-0.15, -0.1) is 0 Å². The number of nitrogens with zero attached hydrogens (tertiary/aromatic N) is 1. The lowest BCUT2D eigenvalue weighted by Gasteiger charge is -2.23. The highest BCUT2D eigenvalue weighted by Crippen LogP contribution is 2.33. The minimum atomic E-state index is -3.60. The van der Waals surface area contributed by atoms with E-state index >= 15 is 0 Å². The van der Waals surface area contributed by atoms with Crippen molar-refractivity contribution in [1.29, 1.82) is 0 Å².